The van der Waals surface area contributed by atoms with Crippen molar-refractivity contribution in [2.45, 2.75) is 6.54 Å². The first-order valence-corrected chi connectivity index (χ1v) is 6.20. The Hall–Kier alpha value is -1.91. The predicted octanol–water partition coefficient (Wildman–Crippen LogP) is 2.67. The summed E-state index contributed by atoms with van der Waals surface area (Å²) in [6.45, 7) is 1.09. The summed E-state index contributed by atoms with van der Waals surface area (Å²) in [6.07, 6.45) is 0. The maximum atomic E-state index is 8.67. The van der Waals surface area contributed by atoms with E-state index in [1.807, 2.05) is 48.5 Å². The van der Waals surface area contributed by atoms with Crippen molar-refractivity contribution >= 4 is 23.8 Å². The van der Waals surface area contributed by atoms with Crippen LogP contribution in [0.4, 0.5) is 11.4 Å². The molecule has 5 heteroatoms. The molecule has 2 aromatic rings. The van der Waals surface area contributed by atoms with Crippen molar-refractivity contribution in [1.29, 1.82) is 0 Å². The second-order valence-corrected chi connectivity index (χ2v) is 4.19. The lowest BCUT2D eigenvalue weighted by Gasteiger charge is -2.08. The minimum absolute atomic E-state index is 0. The molecule has 0 aliphatic carbocycles. The van der Waals surface area contributed by atoms with Crippen LogP contribution in [0, 0.1) is 0 Å². The molecule has 4 nitrogen and oxygen atoms in total. The van der Waals surface area contributed by atoms with Crippen LogP contribution < -0.4 is 15.8 Å². The van der Waals surface area contributed by atoms with Crippen molar-refractivity contribution < 1.29 is 9.84 Å². The maximum absolute atomic E-state index is 8.67. The molecule has 0 fully saturated rings. The Kier molecular flexibility index (Phi) is 6.70. The molecule has 0 spiro atoms. The molecule has 0 saturated carbocycles. The van der Waals surface area contributed by atoms with E-state index in [1.54, 1.807) is 0 Å². The van der Waals surface area contributed by atoms with Gasteiger partial charge < -0.3 is 20.9 Å². The fourth-order valence-corrected chi connectivity index (χ4v) is 1.67. The third-order valence-electron chi connectivity index (χ3n) is 2.69. The molecule has 20 heavy (non-hydrogen) atoms. The Morgan fingerprint density at radius 1 is 1.00 bits per heavy atom. The van der Waals surface area contributed by atoms with Crippen LogP contribution >= 0.6 is 12.4 Å². The van der Waals surface area contributed by atoms with Gasteiger partial charge in [-0.3, -0.25) is 0 Å². The average Bonchev–Trinajstić information content (AvgIpc) is 2.46. The standard InChI is InChI=1S/C15H18N2O2.ClH/c16-13-3-5-14(6-4-13)17-11-12-1-7-15(8-2-12)19-10-9-18;/h1-8,17-18H,9-11,16H2;1H. The largest absolute Gasteiger partial charge is 0.491 e. The van der Waals surface area contributed by atoms with Crippen LogP contribution in [0.25, 0.3) is 0 Å². The number of rotatable bonds is 6. The quantitative estimate of drug-likeness (QED) is 0.717. The Balaban J connectivity index is 0.00000200. The highest BCUT2D eigenvalue weighted by atomic mass is 35.5. The van der Waals surface area contributed by atoms with Gasteiger partial charge in [0.1, 0.15) is 12.4 Å². The topological polar surface area (TPSA) is 67.5 Å². The highest BCUT2D eigenvalue weighted by Crippen LogP contribution is 2.15. The van der Waals surface area contributed by atoms with Crippen molar-refractivity contribution in [3.8, 4) is 5.75 Å². The van der Waals surface area contributed by atoms with E-state index in [4.69, 9.17) is 15.6 Å². The summed E-state index contributed by atoms with van der Waals surface area (Å²) < 4.78 is 5.30. The number of hydrogen-bond acceptors (Lipinski definition) is 4. The van der Waals surface area contributed by atoms with E-state index in [0.29, 0.717) is 6.61 Å². The summed E-state index contributed by atoms with van der Waals surface area (Å²) in [5.41, 5.74) is 8.59. The molecule has 2 rings (SSSR count). The summed E-state index contributed by atoms with van der Waals surface area (Å²) in [4.78, 5) is 0. The Morgan fingerprint density at radius 3 is 2.25 bits per heavy atom. The Morgan fingerprint density at radius 2 is 1.65 bits per heavy atom. The molecule has 0 bridgehead atoms. The van der Waals surface area contributed by atoms with E-state index in [1.165, 1.54) is 0 Å². The van der Waals surface area contributed by atoms with Gasteiger partial charge in [-0.05, 0) is 42.0 Å². The molecule has 0 heterocycles. The van der Waals surface area contributed by atoms with Gasteiger partial charge in [-0.15, -0.1) is 12.4 Å². The molecule has 0 unspecified atom stereocenters. The minimum atomic E-state index is 0. The molecule has 108 valence electrons. The molecule has 0 saturated heterocycles. The third-order valence-corrected chi connectivity index (χ3v) is 2.69. The van der Waals surface area contributed by atoms with Crippen molar-refractivity contribution in [3.05, 3.63) is 54.1 Å². The van der Waals surface area contributed by atoms with E-state index in [-0.39, 0.29) is 19.0 Å². The SMILES string of the molecule is Cl.Nc1ccc(NCc2ccc(OCCO)cc2)cc1. The van der Waals surface area contributed by atoms with Gasteiger partial charge >= 0.3 is 0 Å². The number of nitrogens with one attached hydrogen (secondary N) is 1. The number of aliphatic hydroxyl groups is 1. The Labute approximate surface area is 125 Å². The lowest BCUT2D eigenvalue weighted by Crippen LogP contribution is -2.02. The number of anilines is 2. The number of nitrogen functional groups attached to an aromatic ring is 1. The van der Waals surface area contributed by atoms with Gasteiger partial charge in [0, 0.05) is 17.9 Å². The number of ether oxygens (including phenoxy) is 1. The van der Waals surface area contributed by atoms with E-state index in [2.05, 4.69) is 5.32 Å². The van der Waals surface area contributed by atoms with Crippen LogP contribution in [0.2, 0.25) is 0 Å². The first-order valence-electron chi connectivity index (χ1n) is 6.20. The smallest absolute Gasteiger partial charge is 0.119 e. The van der Waals surface area contributed by atoms with Gasteiger partial charge in [0.05, 0.1) is 6.61 Å². The van der Waals surface area contributed by atoms with E-state index >= 15 is 0 Å². The highest BCUT2D eigenvalue weighted by Gasteiger charge is 1.96. The highest BCUT2D eigenvalue weighted by molar-refractivity contribution is 5.85. The van der Waals surface area contributed by atoms with Gasteiger partial charge in [0.2, 0.25) is 0 Å². The van der Waals surface area contributed by atoms with E-state index in [9.17, 15) is 0 Å². The Bertz CT molecular complexity index is 500. The van der Waals surface area contributed by atoms with Gasteiger partial charge in [-0.25, -0.2) is 0 Å². The first-order chi connectivity index (χ1) is 9.28. The molecule has 0 aromatic heterocycles. The van der Waals surface area contributed by atoms with Crippen LogP contribution in [0.15, 0.2) is 48.5 Å². The molecular formula is C15H19ClN2O2. The lowest BCUT2D eigenvalue weighted by molar-refractivity contribution is 0.201. The zero-order valence-electron chi connectivity index (χ0n) is 11.1. The molecule has 0 aliphatic heterocycles. The molecule has 0 aliphatic rings. The first kappa shape index (κ1) is 16.1. The van der Waals surface area contributed by atoms with Crippen LogP contribution in [0.3, 0.4) is 0 Å². The van der Waals surface area contributed by atoms with Gasteiger partial charge in [0.15, 0.2) is 0 Å². The summed E-state index contributed by atoms with van der Waals surface area (Å²) in [6, 6.07) is 15.4. The molecule has 2 aromatic carbocycles. The van der Waals surface area contributed by atoms with E-state index in [0.717, 1.165) is 29.2 Å². The lowest BCUT2D eigenvalue weighted by atomic mass is 10.2. The number of aliphatic hydroxyl groups excluding tert-OH is 1. The third kappa shape index (κ3) is 4.99. The van der Waals surface area contributed by atoms with Crippen LogP contribution in [-0.4, -0.2) is 18.3 Å². The maximum Gasteiger partial charge on any atom is 0.119 e. The number of benzene rings is 2. The molecule has 0 amide bonds. The number of hydrogen-bond donors (Lipinski definition) is 3. The van der Waals surface area contributed by atoms with Crippen molar-refractivity contribution in [1.82, 2.24) is 0 Å². The fraction of sp³-hybridized carbons (Fsp3) is 0.200. The monoisotopic (exact) mass is 294 g/mol. The average molecular weight is 295 g/mol. The second-order valence-electron chi connectivity index (χ2n) is 4.19. The second kappa shape index (κ2) is 8.30. The van der Waals surface area contributed by atoms with Crippen molar-refractivity contribution in [2.24, 2.45) is 0 Å². The van der Waals surface area contributed by atoms with Crippen LogP contribution in [-0.2, 0) is 6.54 Å². The molecule has 4 N–H and O–H groups in total. The summed E-state index contributed by atoms with van der Waals surface area (Å²) in [5.74, 6) is 0.769. The van der Waals surface area contributed by atoms with Crippen LogP contribution in [0.1, 0.15) is 5.56 Å². The molecule has 0 atom stereocenters. The van der Waals surface area contributed by atoms with Gasteiger partial charge in [-0.2, -0.15) is 0 Å². The van der Waals surface area contributed by atoms with Gasteiger partial charge in [-0.1, -0.05) is 12.1 Å². The molecular weight excluding hydrogens is 276 g/mol. The normalized spacial score (nSPS) is 9.65. The summed E-state index contributed by atoms with van der Waals surface area (Å²) in [5, 5.41) is 12.0. The molecule has 0 radical (unpaired) electrons. The minimum Gasteiger partial charge on any atom is -0.491 e. The zero-order valence-corrected chi connectivity index (χ0v) is 11.9. The zero-order chi connectivity index (χ0) is 13.5. The number of halogens is 1. The summed E-state index contributed by atoms with van der Waals surface area (Å²) >= 11 is 0. The van der Waals surface area contributed by atoms with Crippen molar-refractivity contribution in [3.63, 3.8) is 0 Å². The number of nitrogens with two attached hydrogens (primary N) is 1. The fourth-order valence-electron chi connectivity index (χ4n) is 1.67. The van der Waals surface area contributed by atoms with Gasteiger partial charge in [0.25, 0.3) is 0 Å². The van der Waals surface area contributed by atoms with Crippen LogP contribution in [0.5, 0.6) is 5.75 Å². The van der Waals surface area contributed by atoms with E-state index < -0.39 is 0 Å². The predicted molar refractivity (Wildman–Crippen MR) is 84.5 cm³/mol. The summed E-state index contributed by atoms with van der Waals surface area (Å²) in [7, 11) is 0. The van der Waals surface area contributed by atoms with Crippen molar-refractivity contribution in [2.75, 3.05) is 24.3 Å².